The fourth-order valence-electron chi connectivity index (χ4n) is 10.5. The molecule has 19 heteroatoms. The maximum Gasteiger partial charge on any atom is 0.472 e. The topological polar surface area (TPSA) is 237 Å². The highest BCUT2D eigenvalue weighted by molar-refractivity contribution is 7.47. The van der Waals surface area contributed by atoms with Gasteiger partial charge in [0.15, 0.2) is 12.2 Å². The lowest BCUT2D eigenvalue weighted by molar-refractivity contribution is -0.161. The van der Waals surface area contributed by atoms with Gasteiger partial charge in [0.05, 0.1) is 26.4 Å². The highest BCUT2D eigenvalue weighted by atomic mass is 31.2. The van der Waals surface area contributed by atoms with Crippen LogP contribution in [0.25, 0.3) is 0 Å². The summed E-state index contributed by atoms with van der Waals surface area (Å²) in [7, 11) is -9.99. The normalized spacial score (nSPS) is 14.6. The lowest BCUT2D eigenvalue weighted by atomic mass is 10.0. The minimum Gasteiger partial charge on any atom is -0.462 e. The first-order valence-electron chi connectivity index (χ1n) is 40.4. The Balaban J connectivity index is 5.44. The summed E-state index contributed by atoms with van der Waals surface area (Å²) in [4.78, 5) is 73.0. The summed E-state index contributed by atoms with van der Waals surface area (Å²) in [6, 6.07) is 0. The summed E-state index contributed by atoms with van der Waals surface area (Å²) in [5.74, 6) is -2.28. The van der Waals surface area contributed by atoms with Crippen molar-refractivity contribution in [2.75, 3.05) is 39.6 Å². The molecule has 0 aromatic rings. The molecule has 0 aliphatic rings. The van der Waals surface area contributed by atoms with Crippen LogP contribution in [0.5, 0.6) is 0 Å². The summed E-state index contributed by atoms with van der Waals surface area (Å²) >= 11 is 0. The van der Waals surface area contributed by atoms with E-state index in [9.17, 15) is 43.2 Å². The van der Waals surface area contributed by atoms with Gasteiger partial charge in [-0.05, 0) is 135 Å². The molecule has 5 atom stereocenters. The van der Waals surface area contributed by atoms with Gasteiger partial charge in [0.25, 0.3) is 0 Å². The molecule has 0 aromatic heterocycles. The Kier molecular flexibility index (Phi) is 72.9. The monoisotopic (exact) mass is 1500 g/mol. The molecule has 0 aromatic carbocycles. The van der Waals surface area contributed by atoms with Crippen molar-refractivity contribution in [2.45, 2.75) is 341 Å². The first-order valence-corrected chi connectivity index (χ1v) is 43.4. The quantitative estimate of drug-likeness (QED) is 0.0169. The van der Waals surface area contributed by atoms with E-state index in [0.29, 0.717) is 32.1 Å². The van der Waals surface area contributed by atoms with Crippen LogP contribution in [-0.4, -0.2) is 96.7 Å². The fourth-order valence-corrected chi connectivity index (χ4v) is 12.1. The van der Waals surface area contributed by atoms with Gasteiger partial charge in [-0.1, -0.05) is 296 Å². The molecule has 0 saturated heterocycles. The predicted octanol–water partition coefficient (Wildman–Crippen LogP) is 23.7. The minimum absolute atomic E-state index is 0.0637. The van der Waals surface area contributed by atoms with Gasteiger partial charge in [0.2, 0.25) is 0 Å². The molecule has 0 radical (unpaired) electrons. The molecule has 0 aliphatic heterocycles. The first-order chi connectivity index (χ1) is 50.7. The van der Waals surface area contributed by atoms with E-state index in [1.165, 1.54) is 83.5 Å². The molecule has 17 nitrogen and oxygen atoms in total. The molecule has 3 N–H and O–H groups in total. The number of phosphoric ester groups is 2. The fraction of sp³-hybridized carbons (Fsp3) is 0.694. The zero-order valence-corrected chi connectivity index (χ0v) is 66.9. The SMILES string of the molecule is CC/C=C\C/C=C\C/C=C\C/C=C\C/C=C\CCCC(=O)OCC(COP(=O)(O)OCC(O)COP(=O)(O)OCC(COC(=O)CCCCCC/C=C\C/C=C\C/C=C\C/C=C\CC)OC(=O)CCCCCCCCCCCCCCCCC)OC(=O)CCCCCCC/C=C\C/C=C\CCCCC. The van der Waals surface area contributed by atoms with Crippen molar-refractivity contribution in [3.05, 3.63) is 134 Å². The Bertz CT molecular complexity index is 2490. The number of hydrogen-bond donors (Lipinski definition) is 3. The number of ether oxygens (including phenoxy) is 4. The molecule has 0 aliphatic carbocycles. The smallest absolute Gasteiger partial charge is 0.462 e. The van der Waals surface area contributed by atoms with Crippen molar-refractivity contribution in [1.82, 2.24) is 0 Å². The Morgan fingerprint density at radius 1 is 0.279 bits per heavy atom. The average molecular weight is 1500 g/mol. The molecule has 0 amide bonds. The van der Waals surface area contributed by atoms with E-state index in [1.54, 1.807) is 0 Å². The van der Waals surface area contributed by atoms with Gasteiger partial charge in [-0.15, -0.1) is 0 Å². The van der Waals surface area contributed by atoms with Crippen LogP contribution in [0.3, 0.4) is 0 Å². The highest BCUT2D eigenvalue weighted by Gasteiger charge is 2.30. The number of phosphoric acid groups is 2. The third kappa shape index (κ3) is 75.4. The van der Waals surface area contributed by atoms with Crippen LogP contribution in [0, 0.1) is 0 Å². The number of aliphatic hydroxyl groups is 1. The van der Waals surface area contributed by atoms with Crippen LogP contribution in [0.1, 0.15) is 323 Å². The van der Waals surface area contributed by atoms with Crippen LogP contribution in [0.15, 0.2) is 134 Å². The molecule has 0 saturated carbocycles. The maximum atomic E-state index is 13.1. The van der Waals surface area contributed by atoms with Gasteiger partial charge < -0.3 is 33.8 Å². The molecule has 0 heterocycles. The van der Waals surface area contributed by atoms with E-state index in [-0.39, 0.29) is 25.7 Å². The number of unbranched alkanes of at least 4 members (excludes halogenated alkanes) is 27. The third-order valence-corrected chi connectivity index (χ3v) is 18.5. The Hall–Kier alpha value is -4.80. The minimum atomic E-state index is -5.00. The Morgan fingerprint density at radius 2 is 0.510 bits per heavy atom. The van der Waals surface area contributed by atoms with Crippen molar-refractivity contribution < 1.29 is 80.2 Å². The predicted molar refractivity (Wildman–Crippen MR) is 427 cm³/mol. The largest absolute Gasteiger partial charge is 0.472 e. The Labute approximate surface area is 631 Å². The van der Waals surface area contributed by atoms with Crippen molar-refractivity contribution in [3.8, 4) is 0 Å². The first kappa shape index (κ1) is 99.2. The molecule has 0 bridgehead atoms. The third-order valence-electron chi connectivity index (χ3n) is 16.6. The molecule has 104 heavy (non-hydrogen) atoms. The van der Waals surface area contributed by atoms with Crippen LogP contribution in [0.4, 0.5) is 0 Å². The average Bonchev–Trinajstić information content (AvgIpc) is 0.937. The van der Waals surface area contributed by atoms with E-state index < -0.39 is 97.5 Å². The number of carbonyl (C=O) groups is 4. The summed E-state index contributed by atoms with van der Waals surface area (Å²) < 4.78 is 68.6. The molecular formula is C85H144O17P2. The number of allylic oxidation sites excluding steroid dienone is 22. The zero-order valence-electron chi connectivity index (χ0n) is 65.2. The van der Waals surface area contributed by atoms with Gasteiger partial charge in [-0.3, -0.25) is 37.3 Å². The molecule has 0 rings (SSSR count). The molecule has 0 spiro atoms. The van der Waals surface area contributed by atoms with Crippen LogP contribution >= 0.6 is 15.6 Å². The highest BCUT2D eigenvalue weighted by Crippen LogP contribution is 2.45. The number of rotatable bonds is 75. The van der Waals surface area contributed by atoms with Crippen LogP contribution < -0.4 is 0 Å². The van der Waals surface area contributed by atoms with Crippen molar-refractivity contribution in [1.29, 1.82) is 0 Å². The van der Waals surface area contributed by atoms with Gasteiger partial charge >= 0.3 is 39.5 Å². The number of esters is 4. The molecular weight excluding hydrogens is 1350 g/mol. The maximum absolute atomic E-state index is 13.1. The lowest BCUT2D eigenvalue weighted by Gasteiger charge is -2.21. The summed E-state index contributed by atoms with van der Waals surface area (Å²) in [6.07, 6.45) is 85.7. The van der Waals surface area contributed by atoms with Crippen LogP contribution in [0.2, 0.25) is 0 Å². The summed E-state index contributed by atoms with van der Waals surface area (Å²) in [6.45, 7) is 4.54. The van der Waals surface area contributed by atoms with Crippen LogP contribution in [-0.2, 0) is 65.4 Å². The van der Waals surface area contributed by atoms with Gasteiger partial charge in [-0.25, -0.2) is 9.13 Å². The number of carbonyl (C=O) groups excluding carboxylic acids is 4. The standard InChI is InChI=1S/C85H144O17P2/c1-5-9-13-17-21-25-29-33-37-39-43-45-49-53-57-61-65-69-82(87)95-75-80(101-84(89)71-67-63-59-55-51-47-41-35-31-27-23-19-15-11-7-3)77-99-103(91,92)97-73-79(86)74-98-104(93,94)100-78-81(102-85(90)72-68-64-60-56-52-48-42-36-32-28-24-20-16-12-8-4)76-96-83(88)70-66-62-58-54-50-46-44-40-38-34-30-26-22-18-14-10-6-2/h9-10,13-14,21-23,25-27,33-35,37-38,41,43-46,53,57,79-81,86H,5-8,11-12,15-20,24,28-32,36,39-40,42,47-52,54-56,58-78H2,1-4H3,(H,91,92)(H,93,94)/b13-9-,14-10-,25-21-,26-22-,27-23-,37-33-,38-34-,41-35-,45-43-,46-44-,57-53-. The Morgan fingerprint density at radius 3 is 0.827 bits per heavy atom. The van der Waals surface area contributed by atoms with E-state index in [2.05, 4.69) is 149 Å². The number of aliphatic hydroxyl groups excluding tert-OH is 1. The van der Waals surface area contributed by atoms with E-state index >= 15 is 0 Å². The summed E-state index contributed by atoms with van der Waals surface area (Å²) in [5, 5.41) is 10.6. The summed E-state index contributed by atoms with van der Waals surface area (Å²) in [5.41, 5.74) is 0. The van der Waals surface area contributed by atoms with Crippen molar-refractivity contribution >= 4 is 39.5 Å². The molecule has 5 unspecified atom stereocenters. The zero-order chi connectivity index (χ0) is 76.0. The van der Waals surface area contributed by atoms with Crippen molar-refractivity contribution in [3.63, 3.8) is 0 Å². The lowest BCUT2D eigenvalue weighted by Crippen LogP contribution is -2.30. The van der Waals surface area contributed by atoms with Gasteiger partial charge in [-0.2, -0.15) is 0 Å². The van der Waals surface area contributed by atoms with E-state index in [4.69, 9.17) is 37.0 Å². The van der Waals surface area contributed by atoms with Crippen molar-refractivity contribution in [2.24, 2.45) is 0 Å². The molecule has 0 fully saturated rings. The van der Waals surface area contributed by atoms with E-state index in [0.717, 1.165) is 154 Å². The van der Waals surface area contributed by atoms with Gasteiger partial charge in [0.1, 0.15) is 19.3 Å². The number of hydrogen-bond acceptors (Lipinski definition) is 15. The second-order valence-electron chi connectivity index (χ2n) is 26.6. The second-order valence-corrected chi connectivity index (χ2v) is 29.5. The van der Waals surface area contributed by atoms with E-state index in [1.807, 2.05) is 12.2 Å². The van der Waals surface area contributed by atoms with Gasteiger partial charge in [0, 0.05) is 25.7 Å². The second kappa shape index (κ2) is 76.4. The molecule has 596 valence electrons.